The fourth-order valence-corrected chi connectivity index (χ4v) is 3.73. The summed E-state index contributed by atoms with van der Waals surface area (Å²) in [4.78, 5) is 15.0. The van der Waals surface area contributed by atoms with Crippen molar-refractivity contribution in [3.63, 3.8) is 0 Å². The summed E-state index contributed by atoms with van der Waals surface area (Å²) in [7, 11) is 1.43. The maximum absolute atomic E-state index is 14.0. The van der Waals surface area contributed by atoms with Crippen molar-refractivity contribution in [1.29, 1.82) is 0 Å². The third kappa shape index (κ3) is 3.34. The van der Waals surface area contributed by atoms with Crippen LogP contribution >= 0.6 is 0 Å². The molecule has 142 valence electrons. The summed E-state index contributed by atoms with van der Waals surface area (Å²) in [6.07, 6.45) is 2.91. The molecule has 4 rings (SSSR count). The molecule has 0 bridgehead atoms. The smallest absolute Gasteiger partial charge is 0.255 e. The van der Waals surface area contributed by atoms with E-state index in [1.54, 1.807) is 16.5 Å². The molecule has 0 N–H and O–H groups in total. The van der Waals surface area contributed by atoms with Gasteiger partial charge in [-0.3, -0.25) is 9.20 Å². The molecule has 0 amide bonds. The zero-order valence-corrected chi connectivity index (χ0v) is 15.9. The van der Waals surface area contributed by atoms with Gasteiger partial charge in [0.05, 0.1) is 12.8 Å². The van der Waals surface area contributed by atoms with Gasteiger partial charge in [0.15, 0.2) is 11.6 Å². The van der Waals surface area contributed by atoms with E-state index in [0.717, 1.165) is 30.7 Å². The van der Waals surface area contributed by atoms with Crippen molar-refractivity contribution in [2.75, 3.05) is 25.1 Å². The fourth-order valence-electron chi connectivity index (χ4n) is 3.73. The highest BCUT2D eigenvalue weighted by Gasteiger charge is 2.21. The summed E-state index contributed by atoms with van der Waals surface area (Å²) in [5.41, 5.74) is 2.96. The summed E-state index contributed by atoms with van der Waals surface area (Å²) in [6.45, 7) is 3.68. The van der Waals surface area contributed by atoms with Crippen LogP contribution in [0, 0.1) is 23.6 Å². The SMILES string of the molecule is CC#CC1CCN(c2ccc3cc(-c4ccc(OC)c(F)c4)cc(=O)n3c2)C1. The van der Waals surface area contributed by atoms with E-state index in [9.17, 15) is 9.18 Å². The fraction of sp³-hybridized carbons (Fsp3) is 0.261. The lowest BCUT2D eigenvalue weighted by Gasteiger charge is -2.18. The largest absolute Gasteiger partial charge is 0.494 e. The quantitative estimate of drug-likeness (QED) is 0.649. The van der Waals surface area contributed by atoms with Gasteiger partial charge in [-0.2, -0.15) is 0 Å². The molecule has 0 aliphatic carbocycles. The number of ether oxygens (including phenoxy) is 1. The molecule has 5 heteroatoms. The van der Waals surface area contributed by atoms with Gasteiger partial charge in [-0.15, -0.1) is 5.92 Å². The molecule has 3 heterocycles. The van der Waals surface area contributed by atoms with Gasteiger partial charge in [0.1, 0.15) is 0 Å². The van der Waals surface area contributed by atoms with E-state index in [4.69, 9.17) is 4.74 Å². The number of halogens is 1. The number of methoxy groups -OCH3 is 1. The van der Waals surface area contributed by atoms with Gasteiger partial charge < -0.3 is 9.64 Å². The number of rotatable bonds is 3. The molecule has 1 aromatic carbocycles. The van der Waals surface area contributed by atoms with Gasteiger partial charge in [-0.1, -0.05) is 12.0 Å². The van der Waals surface area contributed by atoms with Crippen LogP contribution in [0.3, 0.4) is 0 Å². The minimum Gasteiger partial charge on any atom is -0.494 e. The molecular weight excluding hydrogens is 355 g/mol. The van der Waals surface area contributed by atoms with Gasteiger partial charge in [0.25, 0.3) is 5.56 Å². The minimum absolute atomic E-state index is 0.144. The topological polar surface area (TPSA) is 34.0 Å². The van der Waals surface area contributed by atoms with Gasteiger partial charge in [0, 0.05) is 36.8 Å². The molecular formula is C23H21FN2O2. The van der Waals surface area contributed by atoms with Crippen LogP contribution in [0.5, 0.6) is 5.75 Å². The summed E-state index contributed by atoms with van der Waals surface area (Å²) in [5.74, 6) is 6.33. The van der Waals surface area contributed by atoms with Gasteiger partial charge in [-0.05, 0) is 54.8 Å². The molecule has 2 aromatic heterocycles. The molecule has 1 saturated heterocycles. The maximum Gasteiger partial charge on any atom is 0.255 e. The maximum atomic E-state index is 14.0. The molecule has 28 heavy (non-hydrogen) atoms. The van der Waals surface area contributed by atoms with Gasteiger partial charge in [0.2, 0.25) is 0 Å². The summed E-state index contributed by atoms with van der Waals surface area (Å²) >= 11 is 0. The van der Waals surface area contributed by atoms with Crippen LogP contribution in [0.2, 0.25) is 0 Å². The second-order valence-electron chi connectivity index (χ2n) is 6.94. The van der Waals surface area contributed by atoms with E-state index in [1.807, 2.05) is 31.3 Å². The number of anilines is 1. The first kappa shape index (κ1) is 18.1. The van der Waals surface area contributed by atoms with Crippen molar-refractivity contribution >= 4 is 11.2 Å². The zero-order valence-electron chi connectivity index (χ0n) is 15.9. The average Bonchev–Trinajstić information content (AvgIpc) is 3.16. The molecule has 0 spiro atoms. The van der Waals surface area contributed by atoms with E-state index < -0.39 is 5.82 Å². The summed E-state index contributed by atoms with van der Waals surface area (Å²) in [6, 6.07) is 12.1. The Kier molecular flexibility index (Phi) is 4.79. The number of fused-ring (bicyclic) bond motifs is 1. The van der Waals surface area contributed by atoms with Crippen molar-refractivity contribution in [3.05, 3.63) is 64.8 Å². The number of hydrogen-bond donors (Lipinski definition) is 0. The molecule has 1 unspecified atom stereocenters. The van der Waals surface area contributed by atoms with E-state index in [1.165, 1.54) is 19.2 Å². The normalized spacial score (nSPS) is 16.1. The minimum atomic E-state index is -0.450. The molecule has 1 aliphatic heterocycles. The number of benzene rings is 1. The van der Waals surface area contributed by atoms with Gasteiger partial charge >= 0.3 is 0 Å². The Labute approximate surface area is 163 Å². The van der Waals surface area contributed by atoms with Crippen LogP contribution in [0.4, 0.5) is 10.1 Å². The van der Waals surface area contributed by atoms with Crippen molar-refractivity contribution in [2.24, 2.45) is 5.92 Å². The Hall–Kier alpha value is -3.26. The van der Waals surface area contributed by atoms with E-state index in [0.29, 0.717) is 17.0 Å². The van der Waals surface area contributed by atoms with E-state index >= 15 is 0 Å². The van der Waals surface area contributed by atoms with Crippen LogP contribution in [0.25, 0.3) is 16.6 Å². The highest BCUT2D eigenvalue weighted by Crippen LogP contribution is 2.27. The van der Waals surface area contributed by atoms with Crippen molar-refractivity contribution < 1.29 is 9.13 Å². The third-order valence-corrected chi connectivity index (χ3v) is 5.17. The zero-order chi connectivity index (χ0) is 19.7. The summed E-state index contributed by atoms with van der Waals surface area (Å²) < 4.78 is 20.6. The molecule has 1 aliphatic rings. The number of pyridine rings is 2. The molecule has 4 nitrogen and oxygen atoms in total. The Morgan fingerprint density at radius 2 is 2.00 bits per heavy atom. The van der Waals surface area contributed by atoms with Crippen LogP contribution in [-0.2, 0) is 0 Å². The Balaban J connectivity index is 1.70. The second kappa shape index (κ2) is 7.40. The highest BCUT2D eigenvalue weighted by molar-refractivity contribution is 5.70. The summed E-state index contributed by atoms with van der Waals surface area (Å²) in [5, 5.41) is 0. The first-order chi connectivity index (χ1) is 13.6. The highest BCUT2D eigenvalue weighted by atomic mass is 19.1. The second-order valence-corrected chi connectivity index (χ2v) is 6.94. The van der Waals surface area contributed by atoms with Crippen molar-refractivity contribution in [2.45, 2.75) is 13.3 Å². The van der Waals surface area contributed by atoms with E-state index in [2.05, 4.69) is 16.7 Å². The average molecular weight is 376 g/mol. The number of nitrogens with zero attached hydrogens (tertiary/aromatic N) is 2. The lowest BCUT2D eigenvalue weighted by molar-refractivity contribution is 0.386. The van der Waals surface area contributed by atoms with Crippen molar-refractivity contribution in [3.8, 4) is 28.7 Å². The lowest BCUT2D eigenvalue weighted by Crippen LogP contribution is -2.21. The van der Waals surface area contributed by atoms with Gasteiger partial charge in [-0.25, -0.2) is 4.39 Å². The Morgan fingerprint density at radius 1 is 1.14 bits per heavy atom. The molecule has 1 atom stereocenters. The lowest BCUT2D eigenvalue weighted by atomic mass is 10.1. The standard InChI is InChI=1S/C23H21FN2O2/c1-3-4-16-9-10-25(14-16)20-7-6-19-11-18(13-23(27)26(19)15-20)17-5-8-22(28-2)21(24)12-17/h5-8,11-13,15-16H,9-10,14H2,1-2H3. The van der Waals surface area contributed by atoms with Crippen LogP contribution in [0.15, 0.2) is 53.5 Å². The predicted octanol–water partition coefficient (Wildman–Crippen LogP) is 3.96. The van der Waals surface area contributed by atoms with Crippen LogP contribution in [-0.4, -0.2) is 24.6 Å². The molecule has 1 fully saturated rings. The third-order valence-electron chi connectivity index (χ3n) is 5.17. The molecule has 0 radical (unpaired) electrons. The van der Waals surface area contributed by atoms with Crippen LogP contribution < -0.4 is 15.2 Å². The number of hydrogen-bond acceptors (Lipinski definition) is 3. The predicted molar refractivity (Wildman–Crippen MR) is 109 cm³/mol. The Bertz CT molecular complexity index is 1160. The van der Waals surface area contributed by atoms with Crippen molar-refractivity contribution in [1.82, 2.24) is 4.40 Å². The first-order valence-electron chi connectivity index (χ1n) is 9.26. The van der Waals surface area contributed by atoms with E-state index in [-0.39, 0.29) is 11.3 Å². The Morgan fingerprint density at radius 3 is 2.75 bits per heavy atom. The molecule has 0 saturated carbocycles. The number of aromatic nitrogens is 1. The van der Waals surface area contributed by atoms with Crippen LogP contribution in [0.1, 0.15) is 13.3 Å². The molecule has 3 aromatic rings. The monoisotopic (exact) mass is 376 g/mol. The first-order valence-corrected chi connectivity index (χ1v) is 9.26.